The minimum absolute atomic E-state index is 0.345. The van der Waals surface area contributed by atoms with Crippen molar-refractivity contribution in [2.45, 2.75) is 13.5 Å². The number of pyridine rings is 1. The topological polar surface area (TPSA) is 89.9 Å². The van der Waals surface area contributed by atoms with Crippen molar-refractivity contribution in [3.05, 3.63) is 35.6 Å². The minimum atomic E-state index is 0.345. The van der Waals surface area contributed by atoms with Gasteiger partial charge < -0.3 is 15.6 Å². The van der Waals surface area contributed by atoms with Gasteiger partial charge in [-0.1, -0.05) is 17.4 Å². The molecule has 17 heavy (non-hydrogen) atoms. The smallest absolute Gasteiger partial charge is 0.213 e. The van der Waals surface area contributed by atoms with Gasteiger partial charge in [-0.3, -0.25) is 0 Å². The molecule has 0 atom stereocenters. The van der Waals surface area contributed by atoms with Gasteiger partial charge in [-0.05, 0) is 19.1 Å². The van der Waals surface area contributed by atoms with E-state index < -0.39 is 0 Å². The molecule has 6 nitrogen and oxygen atoms in total. The molecule has 0 amide bonds. The first-order chi connectivity index (χ1) is 8.15. The van der Waals surface area contributed by atoms with Crippen LogP contribution < -0.4 is 11.1 Å². The van der Waals surface area contributed by atoms with Gasteiger partial charge in [0, 0.05) is 11.3 Å². The second kappa shape index (κ2) is 4.88. The predicted molar refractivity (Wildman–Crippen MR) is 66.5 cm³/mol. The molecule has 0 bridgehead atoms. The van der Waals surface area contributed by atoms with Crippen LogP contribution in [0.25, 0.3) is 0 Å². The van der Waals surface area contributed by atoms with Crippen LogP contribution in [0.5, 0.6) is 0 Å². The van der Waals surface area contributed by atoms with Crippen LogP contribution in [0, 0.1) is 6.92 Å². The Morgan fingerprint density at radius 1 is 1.53 bits per heavy atom. The van der Waals surface area contributed by atoms with E-state index in [2.05, 4.69) is 25.0 Å². The average Bonchev–Trinajstić information content (AvgIpc) is 2.78. The minimum Gasteiger partial charge on any atom is -0.389 e. The Balaban J connectivity index is 2.13. The van der Waals surface area contributed by atoms with E-state index in [0.29, 0.717) is 23.2 Å². The van der Waals surface area contributed by atoms with E-state index in [1.807, 2.05) is 13.0 Å². The molecular weight excluding hydrogens is 238 g/mol. The second-order valence-corrected chi connectivity index (χ2v) is 3.89. The van der Waals surface area contributed by atoms with Gasteiger partial charge in [0.25, 0.3) is 0 Å². The molecular formula is C10H11N5OS. The van der Waals surface area contributed by atoms with E-state index in [0.717, 1.165) is 11.3 Å². The summed E-state index contributed by atoms with van der Waals surface area (Å²) in [4.78, 5) is 8.54. The van der Waals surface area contributed by atoms with Crippen LogP contribution in [-0.4, -0.2) is 20.1 Å². The highest BCUT2D eigenvalue weighted by atomic mass is 32.1. The Morgan fingerprint density at radius 2 is 2.35 bits per heavy atom. The highest BCUT2D eigenvalue weighted by Crippen LogP contribution is 2.10. The summed E-state index contributed by atoms with van der Waals surface area (Å²) >= 11 is 4.93. The van der Waals surface area contributed by atoms with Crippen LogP contribution in [0.4, 0.5) is 5.82 Å². The van der Waals surface area contributed by atoms with Crippen LogP contribution in [0.1, 0.15) is 17.1 Å². The van der Waals surface area contributed by atoms with Crippen molar-refractivity contribution in [2.24, 2.45) is 5.73 Å². The molecule has 0 aliphatic rings. The van der Waals surface area contributed by atoms with Gasteiger partial charge in [0.2, 0.25) is 6.39 Å². The number of aryl methyl sites for hydroxylation is 1. The quantitative estimate of drug-likeness (QED) is 0.782. The Hall–Kier alpha value is -2.02. The largest absolute Gasteiger partial charge is 0.389 e. The SMILES string of the molecule is Cc1cc(C(N)=S)cc(NCc2ncon2)n1. The summed E-state index contributed by atoms with van der Waals surface area (Å²) in [7, 11) is 0. The standard InChI is InChI=1S/C10H11N5OS/c1-6-2-7(10(11)17)3-8(14-6)12-4-9-13-5-16-15-9/h2-3,5H,4H2,1H3,(H2,11,17)(H,12,14). The zero-order valence-corrected chi connectivity index (χ0v) is 9.99. The maximum atomic E-state index is 5.58. The number of thiocarbonyl (C=S) groups is 1. The summed E-state index contributed by atoms with van der Waals surface area (Å²) in [6.45, 7) is 2.31. The summed E-state index contributed by atoms with van der Waals surface area (Å²) < 4.78 is 4.63. The summed E-state index contributed by atoms with van der Waals surface area (Å²) in [5, 5.41) is 6.76. The first-order valence-corrected chi connectivity index (χ1v) is 5.33. The number of nitrogens with one attached hydrogen (secondary N) is 1. The summed E-state index contributed by atoms with van der Waals surface area (Å²) in [5.41, 5.74) is 7.20. The van der Waals surface area contributed by atoms with E-state index in [1.54, 1.807) is 6.07 Å². The Labute approximate surface area is 103 Å². The highest BCUT2D eigenvalue weighted by Gasteiger charge is 2.04. The lowest BCUT2D eigenvalue weighted by Crippen LogP contribution is -2.11. The van der Waals surface area contributed by atoms with E-state index in [1.165, 1.54) is 6.39 Å². The lowest BCUT2D eigenvalue weighted by Gasteiger charge is -2.06. The fourth-order valence-corrected chi connectivity index (χ4v) is 1.46. The molecule has 0 saturated heterocycles. The van der Waals surface area contributed by atoms with Gasteiger partial charge >= 0.3 is 0 Å². The summed E-state index contributed by atoms with van der Waals surface area (Å²) in [6.07, 6.45) is 1.28. The van der Waals surface area contributed by atoms with Gasteiger partial charge in [0.05, 0.1) is 6.54 Å². The zero-order valence-electron chi connectivity index (χ0n) is 9.17. The number of aromatic nitrogens is 3. The van der Waals surface area contributed by atoms with Gasteiger partial charge in [-0.2, -0.15) is 4.98 Å². The lowest BCUT2D eigenvalue weighted by molar-refractivity contribution is 0.411. The van der Waals surface area contributed by atoms with Crippen molar-refractivity contribution in [3.63, 3.8) is 0 Å². The van der Waals surface area contributed by atoms with E-state index in [4.69, 9.17) is 18.0 Å². The fraction of sp³-hybridized carbons (Fsp3) is 0.200. The zero-order chi connectivity index (χ0) is 12.3. The van der Waals surface area contributed by atoms with E-state index in [9.17, 15) is 0 Å². The normalized spacial score (nSPS) is 10.2. The maximum Gasteiger partial charge on any atom is 0.213 e. The first-order valence-electron chi connectivity index (χ1n) is 4.93. The summed E-state index contributed by atoms with van der Waals surface area (Å²) in [5.74, 6) is 1.24. The molecule has 0 aliphatic heterocycles. The number of anilines is 1. The molecule has 2 aromatic rings. The number of hydrogen-bond donors (Lipinski definition) is 2. The molecule has 0 radical (unpaired) electrons. The third kappa shape index (κ3) is 2.97. The van der Waals surface area contributed by atoms with Crippen molar-refractivity contribution >= 4 is 23.0 Å². The van der Waals surface area contributed by atoms with Crippen molar-refractivity contribution < 1.29 is 4.52 Å². The van der Waals surface area contributed by atoms with Crippen molar-refractivity contribution in [1.82, 2.24) is 15.1 Å². The van der Waals surface area contributed by atoms with Gasteiger partial charge in [-0.25, -0.2) is 4.98 Å². The Bertz CT molecular complexity index is 525. The average molecular weight is 249 g/mol. The number of nitrogens with zero attached hydrogens (tertiary/aromatic N) is 3. The van der Waals surface area contributed by atoms with Crippen molar-refractivity contribution in [3.8, 4) is 0 Å². The van der Waals surface area contributed by atoms with Gasteiger partial charge in [-0.15, -0.1) is 0 Å². The van der Waals surface area contributed by atoms with Crippen LogP contribution in [0.3, 0.4) is 0 Å². The molecule has 88 valence electrons. The van der Waals surface area contributed by atoms with Crippen LogP contribution in [0.15, 0.2) is 23.0 Å². The Morgan fingerprint density at radius 3 is 3.00 bits per heavy atom. The maximum absolute atomic E-state index is 5.58. The molecule has 0 unspecified atom stereocenters. The molecule has 2 rings (SSSR count). The molecule has 0 saturated carbocycles. The highest BCUT2D eigenvalue weighted by molar-refractivity contribution is 7.80. The third-order valence-corrected chi connectivity index (χ3v) is 2.31. The number of nitrogens with two attached hydrogens (primary N) is 1. The molecule has 3 N–H and O–H groups in total. The number of hydrogen-bond acceptors (Lipinski definition) is 6. The van der Waals surface area contributed by atoms with Crippen molar-refractivity contribution in [2.75, 3.05) is 5.32 Å². The summed E-state index contributed by atoms with van der Waals surface area (Å²) in [6, 6.07) is 3.62. The molecule has 0 aliphatic carbocycles. The van der Waals surface area contributed by atoms with Gasteiger partial charge in [0.15, 0.2) is 5.82 Å². The van der Waals surface area contributed by atoms with Crippen LogP contribution in [-0.2, 0) is 6.54 Å². The fourth-order valence-electron chi connectivity index (χ4n) is 1.34. The third-order valence-electron chi connectivity index (χ3n) is 2.07. The molecule has 2 aromatic heterocycles. The van der Waals surface area contributed by atoms with Gasteiger partial charge in [0.1, 0.15) is 10.8 Å². The van der Waals surface area contributed by atoms with E-state index in [-0.39, 0.29) is 0 Å². The number of rotatable bonds is 4. The molecule has 0 spiro atoms. The second-order valence-electron chi connectivity index (χ2n) is 3.45. The predicted octanol–water partition coefficient (Wildman–Crippen LogP) is 1.02. The van der Waals surface area contributed by atoms with E-state index >= 15 is 0 Å². The monoisotopic (exact) mass is 249 g/mol. The van der Waals surface area contributed by atoms with Crippen LogP contribution in [0.2, 0.25) is 0 Å². The molecule has 7 heteroatoms. The van der Waals surface area contributed by atoms with Crippen LogP contribution >= 0.6 is 12.2 Å². The molecule has 2 heterocycles. The molecule has 0 aromatic carbocycles. The lowest BCUT2D eigenvalue weighted by atomic mass is 10.2. The first kappa shape index (κ1) is 11.5. The van der Waals surface area contributed by atoms with Crippen molar-refractivity contribution in [1.29, 1.82) is 0 Å². The molecule has 0 fully saturated rings. The Kier molecular flexibility index (Phi) is 3.29.